The molecular weight excluding hydrogens is 383 g/mol. The Labute approximate surface area is 156 Å². The van der Waals surface area contributed by atoms with Gasteiger partial charge in [-0.3, -0.25) is 4.79 Å². The topological polar surface area (TPSA) is 66.5 Å². The maximum Gasteiger partial charge on any atom is 0.257 e. The van der Waals surface area contributed by atoms with Gasteiger partial charge >= 0.3 is 0 Å². The molecule has 2 aromatic rings. The van der Waals surface area contributed by atoms with E-state index in [1.165, 1.54) is 22.5 Å². The Morgan fingerprint density at radius 3 is 2.36 bits per heavy atom. The zero-order valence-electron chi connectivity index (χ0n) is 13.2. The van der Waals surface area contributed by atoms with Crippen molar-refractivity contribution in [2.45, 2.75) is 17.7 Å². The number of sulfonamides is 1. The van der Waals surface area contributed by atoms with Gasteiger partial charge in [0.05, 0.1) is 26.2 Å². The van der Waals surface area contributed by atoms with Gasteiger partial charge in [-0.1, -0.05) is 35.3 Å². The van der Waals surface area contributed by atoms with Crippen molar-refractivity contribution in [2.24, 2.45) is 0 Å². The van der Waals surface area contributed by atoms with E-state index in [4.69, 9.17) is 23.2 Å². The lowest BCUT2D eigenvalue weighted by Crippen LogP contribution is -2.28. The molecule has 0 unspecified atom stereocenters. The second-order valence-electron chi connectivity index (χ2n) is 5.69. The number of carbonyl (C=O) groups is 1. The van der Waals surface area contributed by atoms with E-state index in [0.717, 1.165) is 12.8 Å². The molecule has 0 saturated carbocycles. The highest BCUT2D eigenvalue weighted by molar-refractivity contribution is 7.89. The van der Waals surface area contributed by atoms with Crippen LogP contribution in [0.15, 0.2) is 47.4 Å². The van der Waals surface area contributed by atoms with E-state index in [9.17, 15) is 13.2 Å². The smallest absolute Gasteiger partial charge is 0.257 e. The Kier molecular flexibility index (Phi) is 5.34. The van der Waals surface area contributed by atoms with Crippen LogP contribution >= 0.6 is 23.2 Å². The molecule has 8 heteroatoms. The Hall–Kier alpha value is -1.60. The van der Waals surface area contributed by atoms with Gasteiger partial charge < -0.3 is 5.32 Å². The lowest BCUT2D eigenvalue weighted by Gasteiger charge is -2.16. The van der Waals surface area contributed by atoms with Gasteiger partial charge in [0.15, 0.2) is 0 Å². The maximum atomic E-state index is 12.7. The summed E-state index contributed by atoms with van der Waals surface area (Å²) in [7, 11) is -3.62. The van der Waals surface area contributed by atoms with Crippen molar-refractivity contribution in [3.8, 4) is 0 Å². The molecule has 0 spiro atoms. The minimum atomic E-state index is -3.62. The largest absolute Gasteiger partial charge is 0.321 e. The minimum absolute atomic E-state index is 0.0584. The first kappa shape index (κ1) is 18.2. The van der Waals surface area contributed by atoms with Gasteiger partial charge in [-0.15, -0.1) is 0 Å². The van der Waals surface area contributed by atoms with Crippen LogP contribution in [0.25, 0.3) is 0 Å². The first-order valence-corrected chi connectivity index (χ1v) is 9.95. The summed E-state index contributed by atoms with van der Waals surface area (Å²) in [6, 6.07) is 10.9. The molecule has 132 valence electrons. The molecule has 0 aromatic heterocycles. The van der Waals surface area contributed by atoms with Crippen molar-refractivity contribution in [3.63, 3.8) is 0 Å². The molecule has 0 aliphatic carbocycles. The maximum absolute atomic E-state index is 12.7. The summed E-state index contributed by atoms with van der Waals surface area (Å²) in [6.07, 6.45) is 1.68. The zero-order chi connectivity index (χ0) is 18.0. The number of hydrogen-bond acceptors (Lipinski definition) is 3. The van der Waals surface area contributed by atoms with Crippen molar-refractivity contribution in [2.75, 3.05) is 18.4 Å². The Morgan fingerprint density at radius 1 is 1.00 bits per heavy atom. The molecular formula is C17H16Cl2N2O3S. The molecule has 5 nitrogen and oxygen atoms in total. The summed E-state index contributed by atoms with van der Waals surface area (Å²) in [5.74, 6) is -0.517. The third-order valence-corrected chi connectivity index (χ3v) is 6.56. The van der Waals surface area contributed by atoms with Crippen LogP contribution in [0.4, 0.5) is 5.69 Å². The summed E-state index contributed by atoms with van der Waals surface area (Å²) < 4.78 is 26.7. The Bertz CT molecular complexity index is 910. The number of amides is 1. The third-order valence-electron chi connectivity index (χ3n) is 4.01. The van der Waals surface area contributed by atoms with E-state index < -0.39 is 15.9 Å². The van der Waals surface area contributed by atoms with Crippen LogP contribution in [0.3, 0.4) is 0 Å². The first-order chi connectivity index (χ1) is 11.9. The van der Waals surface area contributed by atoms with Crippen LogP contribution in [-0.2, 0) is 10.0 Å². The van der Waals surface area contributed by atoms with E-state index in [1.54, 1.807) is 24.3 Å². The van der Waals surface area contributed by atoms with Gasteiger partial charge in [0.25, 0.3) is 5.91 Å². The Morgan fingerprint density at radius 2 is 1.68 bits per heavy atom. The van der Waals surface area contributed by atoms with Crippen molar-refractivity contribution < 1.29 is 13.2 Å². The van der Waals surface area contributed by atoms with E-state index in [-0.39, 0.29) is 15.5 Å². The van der Waals surface area contributed by atoms with E-state index in [0.29, 0.717) is 23.8 Å². The molecule has 1 N–H and O–H groups in total. The van der Waals surface area contributed by atoms with Gasteiger partial charge in [0, 0.05) is 13.1 Å². The number of rotatable bonds is 4. The van der Waals surface area contributed by atoms with Crippen LogP contribution < -0.4 is 5.32 Å². The highest BCUT2D eigenvalue weighted by atomic mass is 35.5. The summed E-state index contributed by atoms with van der Waals surface area (Å²) >= 11 is 12.1. The summed E-state index contributed by atoms with van der Waals surface area (Å²) in [4.78, 5) is 12.6. The number of para-hydroxylation sites is 1. The lowest BCUT2D eigenvalue weighted by molar-refractivity contribution is 0.102. The fraction of sp³-hybridized carbons (Fsp3) is 0.235. The Balaban J connectivity index is 1.91. The van der Waals surface area contributed by atoms with Gasteiger partial charge in [0.1, 0.15) is 0 Å². The molecule has 2 aromatic carbocycles. The average Bonchev–Trinajstić information content (AvgIpc) is 3.12. The molecule has 0 radical (unpaired) electrons. The first-order valence-electron chi connectivity index (χ1n) is 7.75. The normalized spacial score (nSPS) is 15.3. The number of nitrogens with zero attached hydrogens (tertiary/aromatic N) is 1. The molecule has 1 amide bonds. The average molecular weight is 399 g/mol. The molecule has 1 aliphatic rings. The molecule has 0 bridgehead atoms. The van der Waals surface area contributed by atoms with E-state index in [2.05, 4.69) is 5.32 Å². The standard InChI is InChI=1S/C17H16Cl2N2O3S/c18-14-8-7-12(25(23,24)21-9-3-4-10-21)11-13(14)17(22)20-16-6-2-1-5-15(16)19/h1-2,5-8,11H,3-4,9-10H2,(H,20,22). The van der Waals surface area contributed by atoms with Crippen molar-refractivity contribution in [1.82, 2.24) is 4.31 Å². The number of nitrogens with one attached hydrogen (secondary N) is 1. The fourth-order valence-corrected chi connectivity index (χ4v) is 4.60. The predicted octanol–water partition coefficient (Wildman–Crippen LogP) is 4.03. The minimum Gasteiger partial charge on any atom is -0.321 e. The summed E-state index contributed by atoms with van der Waals surface area (Å²) in [6.45, 7) is 0.984. The highest BCUT2D eigenvalue weighted by Crippen LogP contribution is 2.27. The second-order valence-corrected chi connectivity index (χ2v) is 8.44. The quantitative estimate of drug-likeness (QED) is 0.844. The van der Waals surface area contributed by atoms with Crippen molar-refractivity contribution in [3.05, 3.63) is 58.1 Å². The second kappa shape index (κ2) is 7.33. The number of carbonyl (C=O) groups excluding carboxylic acids is 1. The van der Waals surface area contributed by atoms with Crippen LogP contribution in [0.1, 0.15) is 23.2 Å². The van der Waals surface area contributed by atoms with Crippen LogP contribution in [0.2, 0.25) is 10.0 Å². The van der Waals surface area contributed by atoms with E-state index >= 15 is 0 Å². The number of halogens is 2. The lowest BCUT2D eigenvalue weighted by atomic mass is 10.2. The van der Waals surface area contributed by atoms with Gasteiger partial charge in [-0.05, 0) is 43.2 Å². The predicted molar refractivity (Wildman–Crippen MR) is 98.9 cm³/mol. The van der Waals surface area contributed by atoms with Crippen LogP contribution in [-0.4, -0.2) is 31.7 Å². The molecule has 1 fully saturated rings. The molecule has 1 aliphatic heterocycles. The summed E-state index contributed by atoms with van der Waals surface area (Å²) in [5, 5.41) is 3.21. The highest BCUT2D eigenvalue weighted by Gasteiger charge is 2.28. The number of hydrogen-bond donors (Lipinski definition) is 1. The fourth-order valence-electron chi connectivity index (χ4n) is 2.67. The van der Waals surface area contributed by atoms with Gasteiger partial charge in [0.2, 0.25) is 10.0 Å². The van der Waals surface area contributed by atoms with Crippen LogP contribution in [0.5, 0.6) is 0 Å². The van der Waals surface area contributed by atoms with Crippen molar-refractivity contribution >= 4 is 44.8 Å². The number of anilines is 1. The molecule has 1 saturated heterocycles. The van der Waals surface area contributed by atoms with Gasteiger partial charge in [-0.25, -0.2) is 8.42 Å². The molecule has 0 atom stereocenters. The number of benzene rings is 2. The van der Waals surface area contributed by atoms with Gasteiger partial charge in [-0.2, -0.15) is 4.31 Å². The molecule has 3 rings (SSSR count). The monoisotopic (exact) mass is 398 g/mol. The molecule has 25 heavy (non-hydrogen) atoms. The summed E-state index contributed by atoms with van der Waals surface area (Å²) in [5.41, 5.74) is 0.514. The SMILES string of the molecule is O=C(Nc1ccccc1Cl)c1cc(S(=O)(=O)N2CCCC2)ccc1Cl. The van der Waals surface area contributed by atoms with E-state index in [1.807, 2.05) is 0 Å². The van der Waals surface area contributed by atoms with Crippen molar-refractivity contribution in [1.29, 1.82) is 0 Å². The molecule has 1 heterocycles. The zero-order valence-corrected chi connectivity index (χ0v) is 15.5. The van der Waals surface area contributed by atoms with Crippen LogP contribution in [0, 0.1) is 0 Å². The third kappa shape index (κ3) is 3.82.